The van der Waals surface area contributed by atoms with Gasteiger partial charge in [-0.05, 0) is 33.6 Å². The molecular formula is C15H26N5O2+. The summed E-state index contributed by atoms with van der Waals surface area (Å²) in [5.41, 5.74) is 2.47. The largest absolute Gasteiger partial charge is 0.348 e. The molecule has 1 heterocycles. The van der Waals surface area contributed by atoms with Crippen molar-refractivity contribution in [2.75, 3.05) is 18.9 Å². The van der Waals surface area contributed by atoms with Gasteiger partial charge >= 0.3 is 0 Å². The van der Waals surface area contributed by atoms with Crippen molar-refractivity contribution < 1.29 is 14.5 Å². The standard InChI is InChI=1S/C15H25N5O2/c1-9-14(10(2)20(5)18-9)17-15(22)11(3)19(4)8-13(21)16-12-6-7-12/h11-12H,6-8H2,1-5H3,(H,16,21)(H,17,22)/p+1/t11-/m1/s1. The number of carbonyl (C=O) groups excluding carboxylic acids is 2. The summed E-state index contributed by atoms with van der Waals surface area (Å²) in [7, 11) is 3.71. The fourth-order valence-electron chi connectivity index (χ4n) is 2.32. The van der Waals surface area contributed by atoms with Gasteiger partial charge in [0.05, 0.1) is 24.1 Å². The quantitative estimate of drug-likeness (QED) is 0.641. The van der Waals surface area contributed by atoms with E-state index in [2.05, 4.69) is 15.7 Å². The molecule has 7 heteroatoms. The molecule has 3 N–H and O–H groups in total. The van der Waals surface area contributed by atoms with Crippen LogP contribution in [0.25, 0.3) is 0 Å². The van der Waals surface area contributed by atoms with Crippen LogP contribution in [0.4, 0.5) is 5.69 Å². The number of nitrogens with one attached hydrogen (secondary N) is 3. The Morgan fingerprint density at radius 2 is 2.05 bits per heavy atom. The molecular weight excluding hydrogens is 282 g/mol. The molecule has 0 aliphatic heterocycles. The Labute approximate surface area is 131 Å². The van der Waals surface area contributed by atoms with Gasteiger partial charge in [-0.1, -0.05) is 0 Å². The topological polar surface area (TPSA) is 80.5 Å². The normalized spacial score (nSPS) is 17.0. The highest BCUT2D eigenvalue weighted by Gasteiger charge is 2.28. The summed E-state index contributed by atoms with van der Waals surface area (Å²) in [4.78, 5) is 25.1. The van der Waals surface area contributed by atoms with E-state index in [1.165, 1.54) is 0 Å². The predicted molar refractivity (Wildman–Crippen MR) is 83.7 cm³/mol. The van der Waals surface area contributed by atoms with E-state index < -0.39 is 0 Å². The number of likely N-dealkylation sites (N-methyl/N-ethyl adjacent to an activating group) is 1. The monoisotopic (exact) mass is 308 g/mol. The Balaban J connectivity index is 1.91. The van der Waals surface area contributed by atoms with Crippen molar-refractivity contribution in [3.63, 3.8) is 0 Å². The van der Waals surface area contributed by atoms with Crippen LogP contribution in [0, 0.1) is 13.8 Å². The molecule has 1 unspecified atom stereocenters. The molecule has 122 valence electrons. The zero-order chi connectivity index (χ0) is 16.4. The third-order valence-corrected chi connectivity index (χ3v) is 4.27. The fraction of sp³-hybridized carbons (Fsp3) is 0.667. The highest BCUT2D eigenvalue weighted by Crippen LogP contribution is 2.18. The molecule has 0 aromatic carbocycles. The third-order valence-electron chi connectivity index (χ3n) is 4.27. The Bertz CT molecular complexity index is 577. The molecule has 0 saturated heterocycles. The first-order chi connectivity index (χ1) is 10.3. The molecule has 1 saturated carbocycles. The lowest BCUT2D eigenvalue weighted by Gasteiger charge is -2.20. The van der Waals surface area contributed by atoms with Gasteiger partial charge in [-0.2, -0.15) is 5.10 Å². The van der Waals surface area contributed by atoms with Gasteiger partial charge in [-0.3, -0.25) is 14.3 Å². The second-order valence-corrected chi connectivity index (χ2v) is 6.25. The zero-order valence-electron chi connectivity index (χ0n) is 14.0. The molecule has 2 rings (SSSR count). The summed E-state index contributed by atoms with van der Waals surface area (Å²) in [6, 6.07) is 0.0362. The Morgan fingerprint density at radius 1 is 1.41 bits per heavy atom. The van der Waals surface area contributed by atoms with Gasteiger partial charge in [0.1, 0.15) is 0 Å². The van der Waals surface area contributed by atoms with Gasteiger partial charge in [-0.15, -0.1) is 0 Å². The lowest BCUT2D eigenvalue weighted by Crippen LogP contribution is -3.15. The van der Waals surface area contributed by atoms with Gasteiger partial charge in [-0.25, -0.2) is 0 Å². The number of hydrogen-bond acceptors (Lipinski definition) is 3. The SMILES string of the molecule is Cc1nn(C)c(C)c1NC(=O)[C@@H](C)[NH+](C)CC(=O)NC1CC1. The van der Waals surface area contributed by atoms with Crippen LogP contribution >= 0.6 is 0 Å². The molecule has 0 radical (unpaired) electrons. The molecule has 2 atom stereocenters. The maximum atomic E-state index is 12.4. The van der Waals surface area contributed by atoms with Crippen LogP contribution in [-0.4, -0.2) is 47.3 Å². The van der Waals surface area contributed by atoms with E-state index in [1.807, 2.05) is 34.9 Å². The Kier molecular flexibility index (Phi) is 4.85. The molecule has 1 fully saturated rings. The van der Waals surface area contributed by atoms with E-state index in [0.717, 1.165) is 34.8 Å². The number of quaternary nitrogens is 1. The maximum absolute atomic E-state index is 12.4. The van der Waals surface area contributed by atoms with Crippen LogP contribution in [0.5, 0.6) is 0 Å². The van der Waals surface area contributed by atoms with Crippen LogP contribution in [0.3, 0.4) is 0 Å². The first kappa shape index (κ1) is 16.5. The van der Waals surface area contributed by atoms with Crippen LogP contribution in [0.15, 0.2) is 0 Å². The molecule has 0 bridgehead atoms. The molecule has 1 aromatic heterocycles. The summed E-state index contributed by atoms with van der Waals surface area (Å²) < 4.78 is 1.75. The average Bonchev–Trinajstić information content (AvgIpc) is 3.21. The summed E-state index contributed by atoms with van der Waals surface area (Å²) >= 11 is 0. The highest BCUT2D eigenvalue weighted by atomic mass is 16.2. The van der Waals surface area contributed by atoms with Crippen molar-refractivity contribution in [1.82, 2.24) is 15.1 Å². The molecule has 22 heavy (non-hydrogen) atoms. The molecule has 2 amide bonds. The highest BCUT2D eigenvalue weighted by molar-refractivity contribution is 5.94. The van der Waals surface area contributed by atoms with Crippen molar-refractivity contribution >= 4 is 17.5 Å². The Morgan fingerprint density at radius 3 is 2.55 bits per heavy atom. The van der Waals surface area contributed by atoms with Crippen LogP contribution < -0.4 is 15.5 Å². The average molecular weight is 308 g/mol. The first-order valence-electron chi connectivity index (χ1n) is 7.72. The van der Waals surface area contributed by atoms with E-state index in [4.69, 9.17) is 0 Å². The number of amides is 2. The first-order valence-corrected chi connectivity index (χ1v) is 7.72. The van der Waals surface area contributed by atoms with Crippen molar-refractivity contribution in [2.24, 2.45) is 7.05 Å². The van der Waals surface area contributed by atoms with E-state index in [0.29, 0.717) is 12.6 Å². The minimum absolute atomic E-state index is 0.00777. The van der Waals surface area contributed by atoms with E-state index in [1.54, 1.807) is 4.68 Å². The van der Waals surface area contributed by atoms with Crippen LogP contribution in [-0.2, 0) is 16.6 Å². The summed E-state index contributed by atoms with van der Waals surface area (Å²) in [5, 5.41) is 10.2. The summed E-state index contributed by atoms with van der Waals surface area (Å²) in [5.74, 6) is -0.0932. The fourth-order valence-corrected chi connectivity index (χ4v) is 2.32. The zero-order valence-corrected chi connectivity index (χ0v) is 14.0. The number of aromatic nitrogens is 2. The van der Waals surface area contributed by atoms with Gasteiger partial charge in [0.2, 0.25) is 0 Å². The second-order valence-electron chi connectivity index (χ2n) is 6.25. The van der Waals surface area contributed by atoms with E-state index in [9.17, 15) is 9.59 Å². The van der Waals surface area contributed by atoms with Gasteiger partial charge in [0.15, 0.2) is 12.6 Å². The van der Waals surface area contributed by atoms with Crippen molar-refractivity contribution in [2.45, 2.75) is 45.7 Å². The van der Waals surface area contributed by atoms with Crippen molar-refractivity contribution in [3.8, 4) is 0 Å². The number of anilines is 1. The molecule has 1 aromatic rings. The number of aryl methyl sites for hydroxylation is 2. The van der Waals surface area contributed by atoms with Gasteiger partial charge in [0.25, 0.3) is 11.8 Å². The number of rotatable bonds is 6. The van der Waals surface area contributed by atoms with E-state index >= 15 is 0 Å². The third kappa shape index (κ3) is 3.85. The smallest absolute Gasteiger partial charge is 0.282 e. The molecule has 1 aliphatic rings. The lowest BCUT2D eigenvalue weighted by molar-refractivity contribution is -0.885. The summed E-state index contributed by atoms with van der Waals surface area (Å²) in [6.07, 6.45) is 2.14. The number of carbonyl (C=O) groups is 2. The van der Waals surface area contributed by atoms with E-state index in [-0.39, 0.29) is 17.9 Å². The minimum Gasteiger partial charge on any atom is -0.348 e. The molecule has 1 aliphatic carbocycles. The second kappa shape index (κ2) is 6.48. The van der Waals surface area contributed by atoms with Crippen molar-refractivity contribution in [3.05, 3.63) is 11.4 Å². The predicted octanol–water partition coefficient (Wildman–Crippen LogP) is -0.843. The number of hydrogen-bond donors (Lipinski definition) is 3. The van der Waals surface area contributed by atoms with Gasteiger partial charge in [0, 0.05) is 13.1 Å². The molecule has 7 nitrogen and oxygen atoms in total. The van der Waals surface area contributed by atoms with Gasteiger partial charge < -0.3 is 15.5 Å². The van der Waals surface area contributed by atoms with Crippen LogP contribution in [0.1, 0.15) is 31.2 Å². The Hall–Kier alpha value is -1.89. The lowest BCUT2D eigenvalue weighted by atomic mass is 10.2. The van der Waals surface area contributed by atoms with Crippen LogP contribution in [0.2, 0.25) is 0 Å². The maximum Gasteiger partial charge on any atom is 0.282 e. The summed E-state index contributed by atoms with van der Waals surface area (Å²) in [6.45, 7) is 5.92. The minimum atomic E-state index is -0.316. The molecule has 0 spiro atoms. The number of nitrogens with zero attached hydrogens (tertiary/aromatic N) is 2. The van der Waals surface area contributed by atoms with Crippen molar-refractivity contribution in [1.29, 1.82) is 0 Å².